The van der Waals surface area contributed by atoms with E-state index in [0.29, 0.717) is 5.52 Å². The Balaban J connectivity index is 0.000000569. The highest BCUT2D eigenvalue weighted by molar-refractivity contribution is 7.16. The van der Waals surface area contributed by atoms with Gasteiger partial charge >= 0.3 is 35.3 Å². The topological polar surface area (TPSA) is 181 Å². The molecular formula is C40H48F6N4O8S. The Morgan fingerprint density at radius 2 is 1.34 bits per heavy atom. The van der Waals surface area contributed by atoms with Crippen LogP contribution < -0.4 is 15.5 Å². The molecule has 1 aromatic heterocycles. The molecule has 0 bridgehead atoms. The number of aromatic nitrogens is 1. The van der Waals surface area contributed by atoms with Crippen molar-refractivity contribution in [2.45, 2.75) is 82.7 Å². The quantitative estimate of drug-likeness (QED) is 0.0471. The van der Waals surface area contributed by atoms with Crippen LogP contribution in [0.4, 0.5) is 36.8 Å². The number of alkyl halides is 6. The molecule has 4 aromatic rings. The number of H-pyrrole nitrogens is 1. The Labute approximate surface area is 340 Å². The molecule has 0 radical (unpaired) electrons. The number of anilines is 1. The van der Waals surface area contributed by atoms with Gasteiger partial charge in [-0.3, -0.25) is 10.1 Å². The van der Waals surface area contributed by atoms with Gasteiger partial charge in [-0.05, 0) is 75.0 Å². The van der Waals surface area contributed by atoms with E-state index < -0.39 is 24.3 Å². The van der Waals surface area contributed by atoms with Crippen molar-refractivity contribution >= 4 is 45.3 Å². The third kappa shape index (κ3) is 17.7. The van der Waals surface area contributed by atoms with E-state index in [1.807, 2.05) is 60.7 Å². The minimum Gasteiger partial charge on any atom is -0.506 e. The number of likely N-dealkylation sites (tertiary alicyclic amines) is 1. The lowest BCUT2D eigenvalue weighted by Gasteiger charge is -2.31. The number of para-hydroxylation sites is 1. The van der Waals surface area contributed by atoms with Gasteiger partial charge in [-0.1, -0.05) is 98.0 Å². The minimum atomic E-state index is -5.08. The van der Waals surface area contributed by atoms with Gasteiger partial charge in [0, 0.05) is 18.7 Å². The molecule has 59 heavy (non-hydrogen) atoms. The van der Waals surface area contributed by atoms with Crippen molar-refractivity contribution in [2.24, 2.45) is 0 Å². The molecule has 1 aliphatic rings. The Hall–Kier alpha value is -5.14. The lowest BCUT2D eigenvalue weighted by Crippen LogP contribution is -2.38. The van der Waals surface area contributed by atoms with E-state index in [-0.39, 0.29) is 22.8 Å². The predicted octanol–water partition coefficient (Wildman–Crippen LogP) is 8.80. The molecule has 3 aromatic carbocycles. The van der Waals surface area contributed by atoms with Gasteiger partial charge in [-0.25, -0.2) is 14.4 Å². The normalized spacial score (nSPS) is 13.5. The first-order valence-electron chi connectivity index (χ1n) is 18.9. The number of hydrogen-bond acceptors (Lipinski definition) is 9. The van der Waals surface area contributed by atoms with E-state index in [1.165, 1.54) is 56.3 Å². The summed E-state index contributed by atoms with van der Waals surface area (Å²) in [5.74, 6) is -5.38. The smallest absolute Gasteiger partial charge is 0.490 e. The largest absolute Gasteiger partial charge is 0.506 e. The number of phenolic OH excluding ortho intramolecular Hbond substituents is 1. The molecule has 0 aliphatic carbocycles. The molecule has 1 amide bonds. The molecule has 1 saturated heterocycles. The molecule has 1 fully saturated rings. The highest BCUT2D eigenvalue weighted by Gasteiger charge is 2.39. The summed E-state index contributed by atoms with van der Waals surface area (Å²) < 4.78 is 70.1. The molecule has 0 spiro atoms. The number of carbonyl (C=O) groups excluding carboxylic acids is 1. The summed E-state index contributed by atoms with van der Waals surface area (Å²) in [6.45, 7) is 4.96. The predicted molar refractivity (Wildman–Crippen MR) is 212 cm³/mol. The second-order valence-corrected chi connectivity index (χ2v) is 14.5. The van der Waals surface area contributed by atoms with Crippen LogP contribution in [0.3, 0.4) is 0 Å². The number of rotatable bonds is 16. The number of hydrogen-bond donors (Lipinski definition) is 6. The summed E-state index contributed by atoms with van der Waals surface area (Å²) >= 11 is 1.17. The van der Waals surface area contributed by atoms with Crippen LogP contribution in [0.5, 0.6) is 5.75 Å². The number of halogens is 6. The molecular weight excluding hydrogens is 811 g/mol. The number of aromatic amines is 1. The van der Waals surface area contributed by atoms with E-state index >= 15 is 0 Å². The van der Waals surface area contributed by atoms with Crippen molar-refractivity contribution in [3.05, 3.63) is 82.0 Å². The highest BCUT2D eigenvalue weighted by Crippen LogP contribution is 2.29. The molecule has 0 saturated carbocycles. The number of unbranched alkanes of at least 4 members (excludes halogenated alkanes) is 6. The maximum atomic E-state index is 12.7. The zero-order chi connectivity index (χ0) is 43.4. The number of nitrogens with zero attached hydrogens (tertiary/aromatic N) is 1. The van der Waals surface area contributed by atoms with E-state index in [1.54, 1.807) is 6.07 Å². The molecule has 5 rings (SSSR count). The molecule has 19 heteroatoms. The Morgan fingerprint density at radius 3 is 1.95 bits per heavy atom. The van der Waals surface area contributed by atoms with Gasteiger partial charge in [0.15, 0.2) is 0 Å². The SMILES string of the molecule is O=C(Nc1ccccc1-c1ccccc1)OC1CCN(CCCCCCCCCNCCc2ccc(O)c3[nH]c(=O)sc23)CC1.O=C(O)C(F)(F)F.O=C(O)C(F)(F)F. The number of amides is 1. The van der Waals surface area contributed by atoms with Crippen molar-refractivity contribution in [1.29, 1.82) is 0 Å². The van der Waals surface area contributed by atoms with Gasteiger partial charge in [0.1, 0.15) is 17.4 Å². The Morgan fingerprint density at radius 1 is 0.780 bits per heavy atom. The first-order valence-corrected chi connectivity index (χ1v) is 19.8. The highest BCUT2D eigenvalue weighted by atomic mass is 32.1. The number of carboxylic acid groups (broad SMARTS) is 2. The van der Waals surface area contributed by atoms with E-state index in [2.05, 4.69) is 20.5 Å². The number of benzene rings is 3. The number of piperidine rings is 1. The number of phenols is 1. The third-order valence-electron chi connectivity index (χ3n) is 9.08. The first-order chi connectivity index (χ1) is 28.0. The van der Waals surface area contributed by atoms with Crippen LogP contribution in [0.1, 0.15) is 63.4 Å². The number of thiazole rings is 1. The van der Waals surface area contributed by atoms with Crippen LogP contribution in [0, 0.1) is 0 Å². The Bertz CT molecular complexity index is 1940. The van der Waals surface area contributed by atoms with Crippen molar-refractivity contribution in [1.82, 2.24) is 15.2 Å². The lowest BCUT2D eigenvalue weighted by molar-refractivity contribution is -0.193. The summed E-state index contributed by atoms with van der Waals surface area (Å²) in [5, 5.41) is 30.7. The van der Waals surface area contributed by atoms with Crippen molar-refractivity contribution in [2.75, 3.05) is 38.0 Å². The molecule has 2 heterocycles. The molecule has 0 atom stereocenters. The summed E-state index contributed by atoms with van der Waals surface area (Å²) in [6, 6.07) is 21.5. The van der Waals surface area contributed by atoms with Crippen LogP contribution in [0.15, 0.2) is 71.5 Å². The fourth-order valence-corrected chi connectivity index (χ4v) is 6.99. The number of aromatic hydroxyl groups is 1. The standard InChI is InChI=1S/C36H46N4O4S.2C2HF3O2/c41-32-18-17-28(34-33(32)39-36(43)45-34)19-23-37-22-11-4-2-1-3-5-12-24-40-25-20-29(21-26-40)44-35(42)38-31-16-10-9-15-30(31)27-13-7-6-8-14-27;2*3-2(4,5)1(6)7/h6-10,13-18,29,37,41H,1-5,11-12,19-26H2,(H,38,42)(H,39,43);2*(H,6,7). The average molecular weight is 859 g/mol. The Kier molecular flexibility index (Phi) is 19.7. The van der Waals surface area contributed by atoms with Crippen LogP contribution in [0.2, 0.25) is 0 Å². The third-order valence-corrected chi connectivity index (χ3v) is 10.0. The van der Waals surface area contributed by atoms with Gasteiger partial charge in [0.25, 0.3) is 0 Å². The van der Waals surface area contributed by atoms with Gasteiger partial charge < -0.3 is 35.3 Å². The molecule has 0 unspecified atom stereocenters. The van der Waals surface area contributed by atoms with Crippen LogP contribution in [-0.4, -0.2) is 94.4 Å². The summed E-state index contributed by atoms with van der Waals surface area (Å²) in [7, 11) is 0. The lowest BCUT2D eigenvalue weighted by atomic mass is 10.0. The van der Waals surface area contributed by atoms with E-state index in [4.69, 9.17) is 24.5 Å². The van der Waals surface area contributed by atoms with Crippen molar-refractivity contribution < 1.29 is 60.8 Å². The number of fused-ring (bicyclic) bond motifs is 1. The maximum Gasteiger partial charge on any atom is 0.490 e. The number of carboxylic acids is 2. The average Bonchev–Trinajstić information content (AvgIpc) is 3.59. The van der Waals surface area contributed by atoms with Crippen LogP contribution in [-0.2, 0) is 20.7 Å². The van der Waals surface area contributed by atoms with Crippen LogP contribution >= 0.6 is 11.3 Å². The van der Waals surface area contributed by atoms with Gasteiger partial charge in [0.05, 0.1) is 10.4 Å². The zero-order valence-electron chi connectivity index (χ0n) is 32.0. The molecule has 12 nitrogen and oxygen atoms in total. The summed E-state index contributed by atoms with van der Waals surface area (Å²) in [4.78, 5) is 47.2. The van der Waals surface area contributed by atoms with Crippen LogP contribution in [0.25, 0.3) is 21.3 Å². The van der Waals surface area contributed by atoms with E-state index in [9.17, 15) is 41.0 Å². The number of ether oxygens (including phenoxy) is 1. The fraction of sp³-hybridized carbons (Fsp3) is 0.450. The van der Waals surface area contributed by atoms with Crippen molar-refractivity contribution in [3.8, 4) is 16.9 Å². The van der Waals surface area contributed by atoms with Crippen molar-refractivity contribution in [3.63, 3.8) is 0 Å². The minimum absolute atomic E-state index is 0.0323. The summed E-state index contributed by atoms with van der Waals surface area (Å²) in [6.07, 6.45) is 0.802. The van der Waals surface area contributed by atoms with Gasteiger partial charge in [0.2, 0.25) is 0 Å². The number of nitrogens with one attached hydrogen (secondary N) is 3. The first kappa shape index (κ1) is 48.2. The fourth-order valence-electron chi connectivity index (χ4n) is 6.09. The summed E-state index contributed by atoms with van der Waals surface area (Å²) in [5.41, 5.74) is 4.47. The van der Waals surface area contributed by atoms with E-state index in [0.717, 1.165) is 79.1 Å². The number of carbonyl (C=O) groups is 3. The monoisotopic (exact) mass is 858 g/mol. The van der Waals surface area contributed by atoms with Gasteiger partial charge in [-0.15, -0.1) is 0 Å². The number of aliphatic carboxylic acids is 2. The second kappa shape index (κ2) is 24.1. The second-order valence-electron chi connectivity index (χ2n) is 13.5. The molecule has 324 valence electrons. The zero-order valence-corrected chi connectivity index (χ0v) is 32.9. The maximum absolute atomic E-state index is 12.7. The molecule has 6 N–H and O–H groups in total. The van der Waals surface area contributed by atoms with Gasteiger partial charge in [-0.2, -0.15) is 26.3 Å². The molecule has 1 aliphatic heterocycles.